The first-order valence-electron chi connectivity index (χ1n) is 3.01. The van der Waals surface area contributed by atoms with Crippen molar-refractivity contribution in [3.63, 3.8) is 0 Å². The van der Waals surface area contributed by atoms with Gasteiger partial charge in [0.25, 0.3) is 0 Å². The van der Waals surface area contributed by atoms with Crippen LogP contribution in [0.25, 0.3) is 0 Å². The van der Waals surface area contributed by atoms with E-state index in [2.05, 4.69) is 10.6 Å². The minimum atomic E-state index is -4.67. The Kier molecular flexibility index (Phi) is 7.48. The highest BCUT2D eigenvalue weighted by atomic mass is 32.3. The average Bonchev–Trinajstić information content (AvgIpc) is 1.55. The lowest BCUT2D eigenvalue weighted by molar-refractivity contribution is 0.381. The molecule has 7 nitrogen and oxygen atoms in total. The summed E-state index contributed by atoms with van der Waals surface area (Å²) >= 11 is 0. The fourth-order valence-electron chi connectivity index (χ4n) is 0.493. The Morgan fingerprint density at radius 1 is 1.42 bits per heavy atom. The first-order chi connectivity index (χ1) is 4.93. The number of hydrogen-bond acceptors (Lipinski definition) is 4. The topological polar surface area (TPSA) is 130 Å². The molecule has 1 aliphatic heterocycles. The van der Waals surface area contributed by atoms with Crippen LogP contribution in [0, 0.1) is 0 Å². The van der Waals surface area contributed by atoms with Crippen LogP contribution < -0.4 is 10.6 Å². The van der Waals surface area contributed by atoms with E-state index >= 15 is 0 Å². The third-order valence-electron chi connectivity index (χ3n) is 1.19. The molecule has 0 saturated carbocycles. The Hall–Kier alpha value is -0.250. The van der Waals surface area contributed by atoms with Crippen LogP contribution in [-0.4, -0.2) is 49.2 Å². The van der Waals surface area contributed by atoms with Crippen molar-refractivity contribution in [1.29, 1.82) is 0 Å². The molecule has 0 spiro atoms. The maximum Gasteiger partial charge on any atom is 0.394 e. The molecule has 1 aliphatic rings. The van der Waals surface area contributed by atoms with Crippen LogP contribution in [0.5, 0.6) is 0 Å². The number of rotatable bonds is 1. The molecule has 12 heavy (non-hydrogen) atoms. The molecule has 1 fully saturated rings. The van der Waals surface area contributed by atoms with Crippen molar-refractivity contribution in [3.8, 4) is 0 Å². The van der Waals surface area contributed by atoms with Crippen LogP contribution in [0.3, 0.4) is 0 Å². The van der Waals surface area contributed by atoms with Gasteiger partial charge in [0.2, 0.25) is 0 Å². The zero-order valence-electron chi connectivity index (χ0n) is 6.61. The molecule has 0 bridgehead atoms. The van der Waals surface area contributed by atoms with Crippen molar-refractivity contribution in [2.75, 3.05) is 20.1 Å². The lowest BCUT2D eigenvalue weighted by Gasteiger charge is -2.25. The molecule has 8 heteroatoms. The summed E-state index contributed by atoms with van der Waals surface area (Å²) in [5.41, 5.74) is 0. The van der Waals surface area contributed by atoms with Gasteiger partial charge in [-0.3, -0.25) is 9.11 Å². The Bertz CT molecular complexity index is 177. The van der Waals surface area contributed by atoms with Gasteiger partial charge in [0, 0.05) is 19.1 Å². The minimum absolute atomic E-state index is 0. The van der Waals surface area contributed by atoms with E-state index in [9.17, 15) is 0 Å². The number of nitrogens with one attached hydrogen (secondary N) is 2. The van der Waals surface area contributed by atoms with Crippen LogP contribution in [0.1, 0.15) is 0 Å². The molecule has 0 unspecified atom stereocenters. The second-order valence-electron chi connectivity index (χ2n) is 2.09. The van der Waals surface area contributed by atoms with Crippen molar-refractivity contribution in [1.82, 2.24) is 10.6 Å². The average molecular weight is 202 g/mol. The second kappa shape index (κ2) is 6.29. The van der Waals surface area contributed by atoms with Gasteiger partial charge in [-0.25, -0.2) is 0 Å². The zero-order chi connectivity index (χ0) is 8.91. The molecule has 0 aromatic rings. The van der Waals surface area contributed by atoms with Gasteiger partial charge < -0.3 is 16.1 Å². The molecule has 0 aromatic heterocycles. The molecule has 0 aliphatic carbocycles. The van der Waals surface area contributed by atoms with E-state index in [4.69, 9.17) is 17.5 Å². The summed E-state index contributed by atoms with van der Waals surface area (Å²) in [5, 5.41) is 6.29. The fraction of sp³-hybridized carbons (Fsp3) is 1.00. The third kappa shape index (κ3) is 12.4. The predicted octanol–water partition coefficient (Wildman–Crippen LogP) is -2.30. The second-order valence-corrected chi connectivity index (χ2v) is 2.99. The van der Waals surface area contributed by atoms with Crippen molar-refractivity contribution in [3.05, 3.63) is 0 Å². The molecular weight excluding hydrogens is 188 g/mol. The van der Waals surface area contributed by atoms with Gasteiger partial charge >= 0.3 is 10.4 Å². The van der Waals surface area contributed by atoms with Crippen LogP contribution in [0.4, 0.5) is 0 Å². The summed E-state index contributed by atoms with van der Waals surface area (Å²) in [7, 11) is -2.68. The molecule has 0 atom stereocenters. The highest BCUT2D eigenvalue weighted by Gasteiger charge is 2.11. The van der Waals surface area contributed by atoms with Crippen molar-refractivity contribution in [2.45, 2.75) is 6.04 Å². The summed E-state index contributed by atoms with van der Waals surface area (Å²) in [6, 6.07) is 0.755. The molecule has 1 saturated heterocycles. The van der Waals surface area contributed by atoms with Gasteiger partial charge in [-0.2, -0.15) is 8.42 Å². The fourth-order valence-corrected chi connectivity index (χ4v) is 0.493. The van der Waals surface area contributed by atoms with Crippen LogP contribution in [0.2, 0.25) is 0 Å². The molecular formula is C4H14N2O5S. The molecule has 0 amide bonds. The Labute approximate surface area is 71.0 Å². The smallest absolute Gasteiger partial charge is 0.394 e. The van der Waals surface area contributed by atoms with Crippen molar-refractivity contribution < 1.29 is 23.0 Å². The molecule has 76 valence electrons. The number of hydrogen-bond donors (Lipinski definition) is 4. The van der Waals surface area contributed by atoms with Gasteiger partial charge in [0.1, 0.15) is 0 Å². The quantitative estimate of drug-likeness (QED) is 0.354. The van der Waals surface area contributed by atoms with E-state index in [1.807, 2.05) is 7.05 Å². The molecule has 1 rings (SSSR count). The van der Waals surface area contributed by atoms with Gasteiger partial charge in [-0.05, 0) is 7.05 Å². The van der Waals surface area contributed by atoms with Gasteiger partial charge in [0.05, 0.1) is 0 Å². The van der Waals surface area contributed by atoms with Crippen LogP contribution in [0.15, 0.2) is 0 Å². The largest absolute Gasteiger partial charge is 0.412 e. The van der Waals surface area contributed by atoms with E-state index in [0.717, 1.165) is 19.1 Å². The van der Waals surface area contributed by atoms with Crippen molar-refractivity contribution in [2.24, 2.45) is 0 Å². The summed E-state index contributed by atoms with van der Waals surface area (Å²) in [4.78, 5) is 0. The third-order valence-corrected chi connectivity index (χ3v) is 1.19. The standard InChI is InChI=1S/C4H10N2.H2O4S.H2O/c1-5-4-2-6-3-4;1-5(2,3)4;/h4-6H,2-3H2,1H3;(H2,1,2,3,4);1H2. The van der Waals surface area contributed by atoms with Crippen LogP contribution in [-0.2, 0) is 10.4 Å². The lowest BCUT2D eigenvalue weighted by Crippen LogP contribution is -2.54. The monoisotopic (exact) mass is 202 g/mol. The maximum atomic E-state index is 8.74. The Morgan fingerprint density at radius 3 is 1.75 bits per heavy atom. The van der Waals surface area contributed by atoms with Gasteiger partial charge in [-0.1, -0.05) is 0 Å². The summed E-state index contributed by atoms with van der Waals surface area (Å²) in [5.74, 6) is 0. The van der Waals surface area contributed by atoms with Crippen LogP contribution >= 0.6 is 0 Å². The molecule has 1 heterocycles. The lowest BCUT2D eigenvalue weighted by atomic mass is 10.2. The molecule has 0 radical (unpaired) electrons. The van der Waals surface area contributed by atoms with Crippen molar-refractivity contribution >= 4 is 10.4 Å². The molecule has 6 N–H and O–H groups in total. The summed E-state index contributed by atoms with van der Waals surface area (Å²) in [6.45, 7) is 2.30. The van der Waals surface area contributed by atoms with E-state index < -0.39 is 10.4 Å². The Morgan fingerprint density at radius 2 is 1.75 bits per heavy atom. The summed E-state index contributed by atoms with van der Waals surface area (Å²) in [6.07, 6.45) is 0. The first-order valence-corrected chi connectivity index (χ1v) is 4.41. The van der Waals surface area contributed by atoms with E-state index in [1.54, 1.807) is 0 Å². The van der Waals surface area contributed by atoms with E-state index in [0.29, 0.717) is 0 Å². The number of likely N-dealkylation sites (N-methyl/N-ethyl adjacent to an activating group) is 1. The normalized spacial score (nSPS) is 16.6. The predicted molar refractivity (Wildman–Crippen MR) is 43.5 cm³/mol. The van der Waals surface area contributed by atoms with Gasteiger partial charge in [0.15, 0.2) is 0 Å². The molecule has 0 aromatic carbocycles. The van der Waals surface area contributed by atoms with E-state index in [-0.39, 0.29) is 5.48 Å². The first kappa shape index (κ1) is 14.3. The SMILES string of the molecule is CNC1CNC1.O.O=S(=O)(O)O. The van der Waals surface area contributed by atoms with E-state index in [1.165, 1.54) is 0 Å². The summed E-state index contributed by atoms with van der Waals surface area (Å²) < 4.78 is 31.6. The highest BCUT2D eigenvalue weighted by molar-refractivity contribution is 7.79. The maximum absolute atomic E-state index is 8.74. The minimum Gasteiger partial charge on any atom is -0.412 e. The zero-order valence-corrected chi connectivity index (χ0v) is 7.43. The highest BCUT2D eigenvalue weighted by Crippen LogP contribution is 1.85. The van der Waals surface area contributed by atoms with Gasteiger partial charge in [-0.15, -0.1) is 0 Å². The Balaban J connectivity index is 0.